The fraction of sp³-hybridized carbons (Fsp3) is 0.556. The average Bonchev–Trinajstić information content (AvgIpc) is 3.39. The number of benzene rings is 1. The molecule has 8 heteroatoms. The van der Waals surface area contributed by atoms with Gasteiger partial charge in [-0.2, -0.15) is 0 Å². The van der Waals surface area contributed by atoms with Crippen LogP contribution in [0.3, 0.4) is 0 Å². The van der Waals surface area contributed by atoms with E-state index in [9.17, 15) is 9.59 Å². The van der Waals surface area contributed by atoms with Gasteiger partial charge in [0.15, 0.2) is 11.5 Å². The van der Waals surface area contributed by atoms with Gasteiger partial charge in [0.05, 0.1) is 0 Å². The molecular weight excluding hydrogens is 358 g/mol. The Hall–Kier alpha value is -1.99. The van der Waals surface area contributed by atoms with Crippen molar-refractivity contribution in [2.24, 2.45) is 11.7 Å². The molecule has 3 aliphatic rings. The number of likely N-dealkylation sites (tertiary alicyclic amines) is 2. The van der Waals surface area contributed by atoms with E-state index in [2.05, 4.69) is 0 Å². The SMILES string of the molecule is Cl.NCC1CCN(C(=O)C2CCCN2C(=O)c2ccc3c(c2)OCO3)C1. The molecule has 7 nitrogen and oxygen atoms in total. The van der Waals surface area contributed by atoms with Crippen LogP contribution in [0.1, 0.15) is 29.6 Å². The van der Waals surface area contributed by atoms with Crippen LogP contribution in [0.25, 0.3) is 0 Å². The van der Waals surface area contributed by atoms with Crippen LogP contribution in [0.5, 0.6) is 11.5 Å². The second kappa shape index (κ2) is 7.72. The molecule has 0 spiro atoms. The summed E-state index contributed by atoms with van der Waals surface area (Å²) in [5, 5.41) is 0. The molecule has 2 atom stereocenters. The number of halogens is 1. The lowest BCUT2D eigenvalue weighted by atomic mass is 10.1. The highest BCUT2D eigenvalue weighted by Gasteiger charge is 2.39. The lowest BCUT2D eigenvalue weighted by Crippen LogP contribution is -2.47. The molecular formula is C18H24ClN3O4. The molecule has 0 aliphatic carbocycles. The number of hydrogen-bond donors (Lipinski definition) is 1. The zero-order chi connectivity index (χ0) is 17.4. The number of fused-ring (bicyclic) bond motifs is 1. The van der Waals surface area contributed by atoms with E-state index in [4.69, 9.17) is 15.2 Å². The van der Waals surface area contributed by atoms with E-state index in [0.717, 1.165) is 25.8 Å². The number of nitrogens with two attached hydrogens (primary N) is 1. The number of ether oxygens (including phenoxy) is 2. The Morgan fingerprint density at radius 3 is 2.73 bits per heavy atom. The number of amides is 2. The zero-order valence-corrected chi connectivity index (χ0v) is 15.4. The second-order valence-electron chi connectivity index (χ2n) is 6.90. The van der Waals surface area contributed by atoms with Crippen LogP contribution in [0.15, 0.2) is 18.2 Å². The standard InChI is InChI=1S/C18H23N3O4.ClH/c19-9-12-5-7-20(10-12)18(23)14-2-1-6-21(14)17(22)13-3-4-15-16(8-13)25-11-24-15;/h3-4,8,12,14H,1-2,5-7,9-11,19H2;1H. The van der Waals surface area contributed by atoms with E-state index in [0.29, 0.717) is 42.6 Å². The van der Waals surface area contributed by atoms with Gasteiger partial charge in [0.25, 0.3) is 5.91 Å². The van der Waals surface area contributed by atoms with Crippen LogP contribution in [0.2, 0.25) is 0 Å². The normalized spacial score (nSPS) is 23.9. The quantitative estimate of drug-likeness (QED) is 0.851. The van der Waals surface area contributed by atoms with E-state index in [-0.39, 0.29) is 37.1 Å². The Morgan fingerprint density at radius 1 is 1.15 bits per heavy atom. The Bertz CT molecular complexity index is 699. The minimum absolute atomic E-state index is 0. The fourth-order valence-corrected chi connectivity index (χ4v) is 3.90. The van der Waals surface area contributed by atoms with Gasteiger partial charge in [-0.25, -0.2) is 0 Å². The van der Waals surface area contributed by atoms with Crippen molar-refractivity contribution in [3.8, 4) is 11.5 Å². The summed E-state index contributed by atoms with van der Waals surface area (Å²) in [6.45, 7) is 2.84. The summed E-state index contributed by atoms with van der Waals surface area (Å²) in [6.07, 6.45) is 2.52. The smallest absolute Gasteiger partial charge is 0.254 e. The van der Waals surface area contributed by atoms with Crippen LogP contribution in [0.4, 0.5) is 0 Å². The number of hydrogen-bond acceptors (Lipinski definition) is 5. The molecule has 26 heavy (non-hydrogen) atoms. The third kappa shape index (κ3) is 3.33. The Labute approximate surface area is 158 Å². The van der Waals surface area contributed by atoms with Gasteiger partial charge in [0.1, 0.15) is 6.04 Å². The van der Waals surface area contributed by atoms with Crippen LogP contribution >= 0.6 is 12.4 Å². The Kier molecular flexibility index (Phi) is 5.58. The lowest BCUT2D eigenvalue weighted by Gasteiger charge is -2.28. The predicted molar refractivity (Wildman–Crippen MR) is 97.6 cm³/mol. The van der Waals surface area contributed by atoms with E-state index in [1.54, 1.807) is 23.1 Å². The van der Waals surface area contributed by atoms with Crippen LogP contribution < -0.4 is 15.2 Å². The summed E-state index contributed by atoms with van der Waals surface area (Å²) in [7, 11) is 0. The third-order valence-electron chi connectivity index (χ3n) is 5.35. The topological polar surface area (TPSA) is 85.1 Å². The van der Waals surface area contributed by atoms with Gasteiger partial charge in [-0.3, -0.25) is 9.59 Å². The van der Waals surface area contributed by atoms with Gasteiger partial charge < -0.3 is 25.0 Å². The van der Waals surface area contributed by atoms with Crippen molar-refractivity contribution >= 4 is 24.2 Å². The van der Waals surface area contributed by atoms with Gasteiger partial charge in [-0.05, 0) is 49.9 Å². The highest BCUT2D eigenvalue weighted by Crippen LogP contribution is 2.33. The molecule has 3 aliphatic heterocycles. The maximum absolute atomic E-state index is 12.9. The lowest BCUT2D eigenvalue weighted by molar-refractivity contribution is -0.134. The van der Waals surface area contributed by atoms with E-state index in [1.807, 2.05) is 4.90 Å². The third-order valence-corrected chi connectivity index (χ3v) is 5.35. The van der Waals surface area contributed by atoms with Crippen molar-refractivity contribution in [1.82, 2.24) is 9.80 Å². The van der Waals surface area contributed by atoms with Crippen molar-refractivity contribution in [2.75, 3.05) is 33.0 Å². The molecule has 4 rings (SSSR count). The van der Waals surface area contributed by atoms with Crippen molar-refractivity contribution in [3.05, 3.63) is 23.8 Å². The Balaban J connectivity index is 0.00000196. The molecule has 3 heterocycles. The van der Waals surface area contributed by atoms with E-state index >= 15 is 0 Å². The average molecular weight is 382 g/mol. The highest BCUT2D eigenvalue weighted by molar-refractivity contribution is 5.98. The van der Waals surface area contributed by atoms with Crippen molar-refractivity contribution < 1.29 is 19.1 Å². The fourth-order valence-electron chi connectivity index (χ4n) is 3.90. The first-order chi connectivity index (χ1) is 12.2. The summed E-state index contributed by atoms with van der Waals surface area (Å²) in [5.41, 5.74) is 6.25. The number of carbonyl (C=O) groups is 2. The van der Waals surface area contributed by atoms with E-state index < -0.39 is 0 Å². The summed E-state index contributed by atoms with van der Waals surface area (Å²) >= 11 is 0. The highest BCUT2D eigenvalue weighted by atomic mass is 35.5. The summed E-state index contributed by atoms with van der Waals surface area (Å²) in [6, 6.07) is 4.81. The van der Waals surface area contributed by atoms with Crippen molar-refractivity contribution in [2.45, 2.75) is 25.3 Å². The molecule has 0 bridgehead atoms. The van der Waals surface area contributed by atoms with Gasteiger partial charge in [0, 0.05) is 25.2 Å². The number of nitrogens with zero attached hydrogens (tertiary/aromatic N) is 2. The molecule has 2 fully saturated rings. The maximum atomic E-state index is 12.9. The monoisotopic (exact) mass is 381 g/mol. The summed E-state index contributed by atoms with van der Waals surface area (Å²) in [5.74, 6) is 1.54. The van der Waals surface area contributed by atoms with Crippen LogP contribution in [0, 0.1) is 5.92 Å². The molecule has 2 N–H and O–H groups in total. The first kappa shape index (κ1) is 18.8. The van der Waals surface area contributed by atoms with Crippen LogP contribution in [-0.2, 0) is 4.79 Å². The van der Waals surface area contributed by atoms with Gasteiger partial charge >= 0.3 is 0 Å². The molecule has 1 aromatic carbocycles. The molecule has 2 unspecified atom stereocenters. The van der Waals surface area contributed by atoms with Crippen molar-refractivity contribution in [1.29, 1.82) is 0 Å². The van der Waals surface area contributed by atoms with E-state index in [1.165, 1.54) is 0 Å². The van der Waals surface area contributed by atoms with Gasteiger partial charge in [0.2, 0.25) is 12.7 Å². The molecule has 0 aromatic heterocycles. The Morgan fingerprint density at radius 2 is 1.96 bits per heavy atom. The van der Waals surface area contributed by atoms with Gasteiger partial charge in [-0.15, -0.1) is 12.4 Å². The molecule has 142 valence electrons. The number of carbonyl (C=O) groups excluding carboxylic acids is 2. The minimum atomic E-state index is -0.366. The summed E-state index contributed by atoms with van der Waals surface area (Å²) in [4.78, 5) is 29.4. The predicted octanol–water partition coefficient (Wildman–Crippen LogP) is 1.25. The van der Waals surface area contributed by atoms with Crippen LogP contribution in [-0.4, -0.2) is 60.6 Å². The minimum Gasteiger partial charge on any atom is -0.454 e. The molecule has 2 saturated heterocycles. The molecule has 0 radical (unpaired) electrons. The summed E-state index contributed by atoms with van der Waals surface area (Å²) < 4.78 is 10.6. The molecule has 0 saturated carbocycles. The largest absolute Gasteiger partial charge is 0.454 e. The maximum Gasteiger partial charge on any atom is 0.254 e. The van der Waals surface area contributed by atoms with Crippen molar-refractivity contribution in [3.63, 3.8) is 0 Å². The molecule has 2 amide bonds. The second-order valence-corrected chi connectivity index (χ2v) is 6.90. The zero-order valence-electron chi connectivity index (χ0n) is 14.6. The van der Waals surface area contributed by atoms with Gasteiger partial charge in [-0.1, -0.05) is 0 Å². The molecule has 1 aromatic rings. The first-order valence-electron chi connectivity index (χ1n) is 8.87. The number of rotatable bonds is 3. The first-order valence-corrected chi connectivity index (χ1v) is 8.87.